The number of aryl methyl sites for hydroxylation is 1. The molecule has 2 heterocycles. The number of hydrogen-bond acceptors (Lipinski definition) is 3. The molecular formula is C10H17N3O3S. The van der Waals surface area contributed by atoms with Gasteiger partial charge in [-0.1, -0.05) is 0 Å². The number of nitrogens with zero attached hydrogens (tertiary/aromatic N) is 2. The molecule has 0 spiro atoms. The topological polar surface area (TPSA) is 75.2 Å². The highest BCUT2D eigenvalue weighted by atomic mass is 32.2. The zero-order valence-corrected chi connectivity index (χ0v) is 10.8. The molecule has 1 saturated heterocycles. The van der Waals surface area contributed by atoms with E-state index in [-0.39, 0.29) is 11.5 Å². The fourth-order valence-corrected chi connectivity index (χ4v) is 3.13. The lowest BCUT2D eigenvalue weighted by molar-refractivity contribution is 0.313. The molecular weight excluding hydrogens is 242 g/mol. The van der Waals surface area contributed by atoms with Crippen LogP contribution in [0.25, 0.3) is 0 Å². The van der Waals surface area contributed by atoms with E-state index in [1.807, 2.05) is 0 Å². The smallest absolute Gasteiger partial charge is 0.266 e. The Hall–Kier alpha value is -1.08. The molecule has 96 valence electrons. The standard InChI is InChI=1S/C10H17N3O3S/c1-12-10(14)6-9(11-12)8-4-3-5-13(7-8)17(2,15)16/h6,8,11H,3-5,7H2,1-2H3/t8-/m1/s1. The highest BCUT2D eigenvalue weighted by molar-refractivity contribution is 7.88. The molecule has 1 aliphatic heterocycles. The average Bonchev–Trinajstić information content (AvgIpc) is 2.58. The van der Waals surface area contributed by atoms with E-state index >= 15 is 0 Å². The first-order valence-electron chi connectivity index (χ1n) is 5.59. The van der Waals surface area contributed by atoms with E-state index in [1.54, 1.807) is 13.1 Å². The maximum atomic E-state index is 11.5. The van der Waals surface area contributed by atoms with Gasteiger partial charge >= 0.3 is 0 Å². The Balaban J connectivity index is 2.20. The Morgan fingerprint density at radius 1 is 1.47 bits per heavy atom. The van der Waals surface area contributed by atoms with Crippen molar-refractivity contribution < 1.29 is 8.42 Å². The van der Waals surface area contributed by atoms with Gasteiger partial charge in [-0.15, -0.1) is 0 Å². The summed E-state index contributed by atoms with van der Waals surface area (Å²) in [5.74, 6) is 0.0902. The van der Waals surface area contributed by atoms with Gasteiger partial charge in [0.15, 0.2) is 0 Å². The van der Waals surface area contributed by atoms with Crippen molar-refractivity contribution in [3.8, 4) is 0 Å². The van der Waals surface area contributed by atoms with Gasteiger partial charge in [0.25, 0.3) is 5.56 Å². The van der Waals surface area contributed by atoms with Crippen molar-refractivity contribution in [2.45, 2.75) is 18.8 Å². The van der Waals surface area contributed by atoms with Crippen molar-refractivity contribution in [2.24, 2.45) is 7.05 Å². The van der Waals surface area contributed by atoms with E-state index in [1.165, 1.54) is 15.2 Å². The van der Waals surface area contributed by atoms with Gasteiger partial charge in [-0.25, -0.2) is 12.7 Å². The van der Waals surface area contributed by atoms with Crippen molar-refractivity contribution in [1.29, 1.82) is 0 Å². The van der Waals surface area contributed by atoms with Crippen LogP contribution in [0.1, 0.15) is 24.5 Å². The van der Waals surface area contributed by atoms with Crippen LogP contribution in [0.3, 0.4) is 0 Å². The second-order valence-corrected chi connectivity index (χ2v) is 6.55. The molecule has 0 amide bonds. The summed E-state index contributed by atoms with van der Waals surface area (Å²) in [6.45, 7) is 1.03. The van der Waals surface area contributed by atoms with Gasteiger partial charge in [-0.05, 0) is 12.8 Å². The maximum absolute atomic E-state index is 11.5. The van der Waals surface area contributed by atoms with E-state index in [4.69, 9.17) is 0 Å². The Labute approximate surface area is 100 Å². The van der Waals surface area contributed by atoms with Crippen molar-refractivity contribution in [2.75, 3.05) is 19.3 Å². The molecule has 1 atom stereocenters. The third-order valence-corrected chi connectivity index (χ3v) is 4.47. The number of hydrogen-bond donors (Lipinski definition) is 1. The third kappa shape index (κ3) is 2.61. The highest BCUT2D eigenvalue weighted by Crippen LogP contribution is 2.25. The predicted molar refractivity (Wildman–Crippen MR) is 64.4 cm³/mol. The number of sulfonamides is 1. The van der Waals surface area contributed by atoms with Gasteiger partial charge in [-0.2, -0.15) is 0 Å². The molecule has 1 fully saturated rings. The lowest BCUT2D eigenvalue weighted by atomic mass is 9.96. The Bertz CT molecular complexity index is 558. The Morgan fingerprint density at radius 2 is 2.18 bits per heavy atom. The first-order chi connectivity index (χ1) is 7.88. The summed E-state index contributed by atoms with van der Waals surface area (Å²) in [5, 5.41) is 2.97. The summed E-state index contributed by atoms with van der Waals surface area (Å²) in [5.41, 5.74) is 0.738. The third-order valence-electron chi connectivity index (χ3n) is 3.20. The maximum Gasteiger partial charge on any atom is 0.266 e. The van der Waals surface area contributed by atoms with E-state index in [2.05, 4.69) is 5.10 Å². The van der Waals surface area contributed by atoms with Gasteiger partial charge in [0.2, 0.25) is 10.0 Å². The Morgan fingerprint density at radius 3 is 2.71 bits per heavy atom. The SMILES string of the molecule is Cn1[nH]c([C@@H]2CCCN(S(C)(=O)=O)C2)cc1=O. The van der Waals surface area contributed by atoms with Crippen LogP contribution in [0.15, 0.2) is 10.9 Å². The highest BCUT2D eigenvalue weighted by Gasteiger charge is 2.27. The first kappa shape index (κ1) is 12.4. The minimum atomic E-state index is -3.14. The summed E-state index contributed by atoms with van der Waals surface area (Å²) in [6, 6.07) is 1.55. The van der Waals surface area contributed by atoms with E-state index in [0.29, 0.717) is 13.1 Å². The summed E-state index contributed by atoms with van der Waals surface area (Å²) >= 11 is 0. The first-order valence-corrected chi connectivity index (χ1v) is 7.44. The molecule has 1 aromatic rings. The zero-order chi connectivity index (χ0) is 12.6. The molecule has 17 heavy (non-hydrogen) atoms. The van der Waals surface area contributed by atoms with Gasteiger partial charge in [0.05, 0.1) is 6.26 Å². The van der Waals surface area contributed by atoms with Crippen LogP contribution in [0.4, 0.5) is 0 Å². The molecule has 0 aromatic carbocycles. The van der Waals surface area contributed by atoms with Crippen LogP contribution in [0.2, 0.25) is 0 Å². The molecule has 2 rings (SSSR count). The zero-order valence-electron chi connectivity index (χ0n) is 10.0. The van der Waals surface area contributed by atoms with Crippen molar-refractivity contribution in [3.63, 3.8) is 0 Å². The molecule has 0 radical (unpaired) electrons. The Kier molecular flexibility index (Phi) is 3.13. The second-order valence-electron chi connectivity index (χ2n) is 4.57. The average molecular weight is 259 g/mol. The van der Waals surface area contributed by atoms with Gasteiger partial charge in [0, 0.05) is 37.8 Å². The number of rotatable bonds is 2. The molecule has 0 saturated carbocycles. The second kappa shape index (κ2) is 4.30. The number of nitrogens with one attached hydrogen (secondary N) is 1. The summed E-state index contributed by atoms with van der Waals surface area (Å²) in [6.07, 6.45) is 2.96. The summed E-state index contributed by atoms with van der Waals surface area (Å²) < 4.78 is 25.9. The molecule has 0 aliphatic carbocycles. The van der Waals surface area contributed by atoms with Crippen molar-refractivity contribution in [1.82, 2.24) is 14.1 Å². The summed E-state index contributed by atoms with van der Waals surface area (Å²) in [7, 11) is -1.48. The monoisotopic (exact) mass is 259 g/mol. The summed E-state index contributed by atoms with van der Waals surface area (Å²) in [4.78, 5) is 11.4. The largest absolute Gasteiger partial charge is 0.300 e. The molecule has 1 N–H and O–H groups in total. The predicted octanol–water partition coefficient (Wildman–Crippen LogP) is -0.148. The van der Waals surface area contributed by atoms with Gasteiger partial charge in [0.1, 0.15) is 0 Å². The lowest BCUT2D eigenvalue weighted by Crippen LogP contribution is -2.38. The molecule has 1 aliphatic rings. The molecule has 0 bridgehead atoms. The van der Waals surface area contributed by atoms with Crippen LogP contribution < -0.4 is 5.56 Å². The van der Waals surface area contributed by atoms with Crippen LogP contribution in [-0.2, 0) is 17.1 Å². The fraction of sp³-hybridized carbons (Fsp3) is 0.700. The van der Waals surface area contributed by atoms with E-state index < -0.39 is 10.0 Å². The van der Waals surface area contributed by atoms with Gasteiger partial charge in [-0.3, -0.25) is 14.6 Å². The quantitative estimate of drug-likeness (QED) is 0.802. The van der Waals surface area contributed by atoms with Crippen molar-refractivity contribution >= 4 is 10.0 Å². The number of aromatic nitrogens is 2. The fourth-order valence-electron chi connectivity index (χ4n) is 2.22. The van der Waals surface area contributed by atoms with E-state index in [9.17, 15) is 13.2 Å². The lowest BCUT2D eigenvalue weighted by Gasteiger charge is -2.30. The van der Waals surface area contributed by atoms with Crippen LogP contribution >= 0.6 is 0 Å². The van der Waals surface area contributed by atoms with Crippen LogP contribution in [-0.4, -0.2) is 41.8 Å². The van der Waals surface area contributed by atoms with Crippen molar-refractivity contribution in [3.05, 3.63) is 22.1 Å². The minimum absolute atomic E-state index is 0.0866. The van der Waals surface area contributed by atoms with Crippen LogP contribution in [0.5, 0.6) is 0 Å². The number of piperidine rings is 1. The normalized spacial score (nSPS) is 22.8. The molecule has 1 aromatic heterocycles. The number of H-pyrrole nitrogens is 1. The van der Waals surface area contributed by atoms with E-state index in [0.717, 1.165) is 18.5 Å². The van der Waals surface area contributed by atoms with Gasteiger partial charge < -0.3 is 0 Å². The molecule has 6 nitrogen and oxygen atoms in total. The molecule has 7 heteroatoms. The minimum Gasteiger partial charge on any atom is -0.300 e. The van der Waals surface area contributed by atoms with Crippen LogP contribution in [0, 0.1) is 0 Å². The molecule has 0 unspecified atom stereocenters. The number of aromatic amines is 1.